The number of hydrogen-bond donors (Lipinski definition) is 1. The quantitative estimate of drug-likeness (QED) is 0.885. The molecule has 18 heavy (non-hydrogen) atoms. The predicted molar refractivity (Wildman–Crippen MR) is 72.6 cm³/mol. The molecule has 1 N–H and O–H groups in total. The van der Waals surface area contributed by atoms with Crippen molar-refractivity contribution >= 4 is 5.97 Å². The van der Waals surface area contributed by atoms with Crippen molar-refractivity contribution in [2.45, 2.75) is 19.8 Å². The van der Waals surface area contributed by atoms with Gasteiger partial charge in [0.25, 0.3) is 0 Å². The molecule has 0 unspecified atom stereocenters. The SMILES string of the molecule is Cc1ccc(-c2cccc(CCC(=O)O)c2)cc1. The second-order valence-electron chi connectivity index (χ2n) is 4.46. The van der Waals surface area contributed by atoms with Crippen LogP contribution in [0.25, 0.3) is 11.1 Å². The summed E-state index contributed by atoms with van der Waals surface area (Å²) in [6, 6.07) is 16.4. The lowest BCUT2D eigenvalue weighted by atomic mass is 10.0. The van der Waals surface area contributed by atoms with Crippen molar-refractivity contribution in [1.29, 1.82) is 0 Å². The first-order valence-corrected chi connectivity index (χ1v) is 6.03. The number of aliphatic carboxylic acids is 1. The molecule has 2 heteroatoms. The average molecular weight is 240 g/mol. The molecule has 0 radical (unpaired) electrons. The Kier molecular flexibility index (Phi) is 3.78. The summed E-state index contributed by atoms with van der Waals surface area (Å²) in [7, 11) is 0. The van der Waals surface area contributed by atoms with Crippen molar-refractivity contribution in [3.63, 3.8) is 0 Å². The molecule has 2 rings (SSSR count). The van der Waals surface area contributed by atoms with Crippen molar-refractivity contribution < 1.29 is 9.90 Å². The topological polar surface area (TPSA) is 37.3 Å². The van der Waals surface area contributed by atoms with Crippen molar-refractivity contribution in [1.82, 2.24) is 0 Å². The van der Waals surface area contributed by atoms with Crippen LogP contribution >= 0.6 is 0 Å². The minimum Gasteiger partial charge on any atom is -0.481 e. The highest BCUT2D eigenvalue weighted by atomic mass is 16.4. The van der Waals surface area contributed by atoms with Gasteiger partial charge in [0.1, 0.15) is 0 Å². The summed E-state index contributed by atoms with van der Waals surface area (Å²) in [4.78, 5) is 10.6. The summed E-state index contributed by atoms with van der Waals surface area (Å²) >= 11 is 0. The maximum absolute atomic E-state index is 10.6. The lowest BCUT2D eigenvalue weighted by Crippen LogP contribution is -1.97. The summed E-state index contributed by atoms with van der Waals surface area (Å²) < 4.78 is 0. The maximum atomic E-state index is 10.6. The third kappa shape index (κ3) is 3.20. The van der Waals surface area contributed by atoms with Gasteiger partial charge in [0.15, 0.2) is 0 Å². The van der Waals surface area contributed by atoms with Crippen LogP contribution in [0.5, 0.6) is 0 Å². The molecule has 0 aliphatic rings. The van der Waals surface area contributed by atoms with E-state index in [1.54, 1.807) is 0 Å². The van der Waals surface area contributed by atoms with Gasteiger partial charge in [-0.15, -0.1) is 0 Å². The van der Waals surface area contributed by atoms with E-state index in [1.165, 1.54) is 5.56 Å². The number of aryl methyl sites for hydroxylation is 2. The summed E-state index contributed by atoms with van der Waals surface area (Å²) in [5, 5.41) is 8.69. The number of carboxylic acids is 1. The van der Waals surface area contributed by atoms with Crippen LogP contribution in [-0.2, 0) is 11.2 Å². The van der Waals surface area contributed by atoms with Crippen LogP contribution in [0.15, 0.2) is 48.5 Å². The van der Waals surface area contributed by atoms with Crippen LogP contribution in [0.3, 0.4) is 0 Å². The van der Waals surface area contributed by atoms with Crippen LogP contribution in [0.1, 0.15) is 17.5 Å². The second kappa shape index (κ2) is 5.50. The maximum Gasteiger partial charge on any atom is 0.303 e. The first-order chi connectivity index (χ1) is 8.65. The Labute approximate surface area is 107 Å². The summed E-state index contributed by atoms with van der Waals surface area (Å²) in [6.07, 6.45) is 0.756. The first-order valence-electron chi connectivity index (χ1n) is 6.03. The Morgan fingerprint density at radius 2 is 1.78 bits per heavy atom. The number of rotatable bonds is 4. The van der Waals surface area contributed by atoms with Crippen molar-refractivity contribution in [3.05, 3.63) is 59.7 Å². The van der Waals surface area contributed by atoms with Crippen LogP contribution in [-0.4, -0.2) is 11.1 Å². The van der Waals surface area contributed by atoms with E-state index < -0.39 is 5.97 Å². The van der Waals surface area contributed by atoms with E-state index in [4.69, 9.17) is 5.11 Å². The number of hydrogen-bond acceptors (Lipinski definition) is 1. The molecule has 0 aromatic heterocycles. The molecule has 0 saturated carbocycles. The van der Waals surface area contributed by atoms with E-state index in [1.807, 2.05) is 12.1 Å². The zero-order chi connectivity index (χ0) is 13.0. The van der Waals surface area contributed by atoms with Gasteiger partial charge < -0.3 is 5.11 Å². The minimum absolute atomic E-state index is 0.178. The Balaban J connectivity index is 2.21. The van der Waals surface area contributed by atoms with Crippen LogP contribution in [0.4, 0.5) is 0 Å². The fourth-order valence-electron chi connectivity index (χ4n) is 1.90. The zero-order valence-electron chi connectivity index (χ0n) is 10.4. The van der Waals surface area contributed by atoms with E-state index in [0.717, 1.165) is 16.7 Å². The number of carboxylic acid groups (broad SMARTS) is 1. The van der Waals surface area contributed by atoms with E-state index in [0.29, 0.717) is 6.42 Å². The summed E-state index contributed by atoms with van der Waals surface area (Å²) in [5.41, 5.74) is 4.60. The Morgan fingerprint density at radius 3 is 2.44 bits per heavy atom. The molecule has 92 valence electrons. The molecule has 2 aromatic carbocycles. The van der Waals surface area contributed by atoms with Gasteiger partial charge in [-0.1, -0.05) is 54.1 Å². The van der Waals surface area contributed by atoms with E-state index in [-0.39, 0.29) is 6.42 Å². The molecule has 0 bridgehead atoms. The van der Waals surface area contributed by atoms with Crippen molar-refractivity contribution in [3.8, 4) is 11.1 Å². The third-order valence-electron chi connectivity index (χ3n) is 2.94. The van der Waals surface area contributed by atoms with E-state index in [9.17, 15) is 4.79 Å². The molecule has 0 amide bonds. The van der Waals surface area contributed by atoms with Gasteiger partial charge in [-0.2, -0.15) is 0 Å². The van der Waals surface area contributed by atoms with E-state index in [2.05, 4.69) is 43.3 Å². The summed E-state index contributed by atoms with van der Waals surface area (Å²) in [5.74, 6) is -0.754. The molecule has 0 aliphatic heterocycles. The van der Waals surface area contributed by atoms with Crippen LogP contribution in [0, 0.1) is 6.92 Å². The minimum atomic E-state index is -0.754. The van der Waals surface area contributed by atoms with Gasteiger partial charge in [0.2, 0.25) is 0 Å². The lowest BCUT2D eigenvalue weighted by molar-refractivity contribution is -0.136. The fourth-order valence-corrected chi connectivity index (χ4v) is 1.90. The number of benzene rings is 2. The van der Waals surface area contributed by atoms with Gasteiger partial charge in [-0.25, -0.2) is 0 Å². The standard InChI is InChI=1S/C16H16O2/c1-12-5-8-14(9-6-12)15-4-2-3-13(11-15)7-10-16(17)18/h2-6,8-9,11H,7,10H2,1H3,(H,17,18). The van der Waals surface area contributed by atoms with Gasteiger partial charge >= 0.3 is 5.97 Å². The van der Waals surface area contributed by atoms with Crippen LogP contribution in [0.2, 0.25) is 0 Å². The molecular weight excluding hydrogens is 224 g/mol. The molecule has 0 atom stereocenters. The molecule has 2 nitrogen and oxygen atoms in total. The Hall–Kier alpha value is -2.09. The fraction of sp³-hybridized carbons (Fsp3) is 0.188. The molecule has 2 aromatic rings. The third-order valence-corrected chi connectivity index (χ3v) is 2.94. The van der Waals surface area contributed by atoms with Gasteiger partial charge in [-0.05, 0) is 30.0 Å². The Morgan fingerprint density at radius 1 is 1.06 bits per heavy atom. The normalized spacial score (nSPS) is 10.3. The lowest BCUT2D eigenvalue weighted by Gasteiger charge is -2.05. The largest absolute Gasteiger partial charge is 0.481 e. The second-order valence-corrected chi connectivity index (χ2v) is 4.46. The molecule has 0 aliphatic carbocycles. The van der Waals surface area contributed by atoms with Gasteiger partial charge in [-0.3, -0.25) is 4.79 Å². The van der Waals surface area contributed by atoms with E-state index >= 15 is 0 Å². The molecule has 0 heterocycles. The highest BCUT2D eigenvalue weighted by Gasteiger charge is 2.02. The molecule has 0 saturated heterocycles. The zero-order valence-corrected chi connectivity index (χ0v) is 10.4. The molecular formula is C16H16O2. The highest BCUT2D eigenvalue weighted by molar-refractivity contribution is 5.68. The van der Waals surface area contributed by atoms with Crippen molar-refractivity contribution in [2.75, 3.05) is 0 Å². The van der Waals surface area contributed by atoms with Gasteiger partial charge in [0, 0.05) is 6.42 Å². The van der Waals surface area contributed by atoms with Crippen LogP contribution < -0.4 is 0 Å². The molecule has 0 fully saturated rings. The predicted octanol–water partition coefficient (Wildman–Crippen LogP) is 3.68. The monoisotopic (exact) mass is 240 g/mol. The smallest absolute Gasteiger partial charge is 0.303 e. The highest BCUT2D eigenvalue weighted by Crippen LogP contribution is 2.21. The summed E-state index contributed by atoms with van der Waals surface area (Å²) in [6.45, 7) is 2.06. The average Bonchev–Trinajstić information content (AvgIpc) is 2.37. The van der Waals surface area contributed by atoms with Gasteiger partial charge in [0.05, 0.1) is 0 Å². The molecule has 0 spiro atoms. The number of carbonyl (C=O) groups is 1. The van der Waals surface area contributed by atoms with Crippen molar-refractivity contribution in [2.24, 2.45) is 0 Å². The first kappa shape index (κ1) is 12.4. The Bertz CT molecular complexity index is 541.